The van der Waals surface area contributed by atoms with Gasteiger partial charge in [0.05, 0.1) is 12.2 Å². The molecular weight excluding hydrogens is 202 g/mol. The number of rotatable bonds is 2. The molecule has 92 valence electrons. The highest BCUT2D eigenvalue weighted by Gasteiger charge is 2.20. The zero-order valence-electron chi connectivity index (χ0n) is 9.89. The highest BCUT2D eigenvalue weighted by molar-refractivity contribution is 5.61. The molecule has 0 aromatic heterocycles. The van der Waals surface area contributed by atoms with Gasteiger partial charge >= 0.3 is 0 Å². The number of nitrogens with zero attached hydrogens (tertiary/aromatic N) is 1. The maximum atomic E-state index is 9.40. The zero-order valence-corrected chi connectivity index (χ0v) is 9.89. The van der Waals surface area contributed by atoms with Gasteiger partial charge in [-0.2, -0.15) is 0 Å². The van der Waals surface area contributed by atoms with E-state index < -0.39 is 0 Å². The Hall–Kier alpha value is -0.410. The van der Waals surface area contributed by atoms with E-state index in [2.05, 4.69) is 11.2 Å². The van der Waals surface area contributed by atoms with Crippen molar-refractivity contribution in [1.29, 1.82) is 0 Å². The summed E-state index contributed by atoms with van der Waals surface area (Å²) >= 11 is 0. The molecule has 2 aliphatic rings. The third kappa shape index (κ3) is 3.56. The topological polar surface area (TPSA) is 52.8 Å². The molecule has 2 aliphatic carbocycles. The highest BCUT2D eigenvalue weighted by atomic mass is 16.3. The Morgan fingerprint density at radius 2 is 1.25 bits per heavy atom. The predicted molar refractivity (Wildman–Crippen MR) is 64.7 cm³/mol. The summed E-state index contributed by atoms with van der Waals surface area (Å²) in [6.07, 6.45) is 9.87. The van der Waals surface area contributed by atoms with Crippen molar-refractivity contribution >= 4 is 6.21 Å². The second-order valence-corrected chi connectivity index (χ2v) is 5.33. The van der Waals surface area contributed by atoms with Gasteiger partial charge in [-0.05, 0) is 57.3 Å². The fraction of sp³-hybridized carbons (Fsp3) is 0.923. The van der Waals surface area contributed by atoms with Crippen LogP contribution in [0.3, 0.4) is 0 Å². The van der Waals surface area contributed by atoms with E-state index in [0.29, 0.717) is 12.0 Å². The zero-order chi connectivity index (χ0) is 11.4. The normalized spacial score (nSPS) is 41.4. The number of hydrogen-bond acceptors (Lipinski definition) is 3. The minimum Gasteiger partial charge on any atom is -0.393 e. The van der Waals surface area contributed by atoms with Gasteiger partial charge in [0.1, 0.15) is 0 Å². The maximum absolute atomic E-state index is 9.40. The van der Waals surface area contributed by atoms with Crippen LogP contribution in [-0.4, -0.2) is 34.7 Å². The molecule has 0 atom stereocenters. The standard InChI is InChI=1S/C13H23NO2/c15-12-5-1-10(2-6-12)9-14-11-3-7-13(16)8-4-11/h9-13,15-16H,1-8H2. The Labute approximate surface area is 97.6 Å². The lowest BCUT2D eigenvalue weighted by molar-refractivity contribution is 0.120. The van der Waals surface area contributed by atoms with Gasteiger partial charge in [-0.1, -0.05) is 0 Å². The van der Waals surface area contributed by atoms with Crippen LogP contribution in [0.2, 0.25) is 0 Å². The van der Waals surface area contributed by atoms with Gasteiger partial charge in [0.25, 0.3) is 0 Å². The van der Waals surface area contributed by atoms with Crippen LogP contribution in [-0.2, 0) is 0 Å². The quantitative estimate of drug-likeness (QED) is 0.705. The molecule has 0 aromatic carbocycles. The van der Waals surface area contributed by atoms with Crippen molar-refractivity contribution in [3.63, 3.8) is 0 Å². The lowest BCUT2D eigenvalue weighted by Crippen LogP contribution is -2.22. The fourth-order valence-corrected chi connectivity index (χ4v) is 2.70. The molecule has 0 heterocycles. The van der Waals surface area contributed by atoms with Crippen LogP contribution < -0.4 is 0 Å². The molecule has 16 heavy (non-hydrogen) atoms. The van der Waals surface area contributed by atoms with Gasteiger partial charge in [0.15, 0.2) is 0 Å². The van der Waals surface area contributed by atoms with Crippen molar-refractivity contribution in [2.45, 2.75) is 69.6 Å². The summed E-state index contributed by atoms with van der Waals surface area (Å²) in [6.45, 7) is 0. The maximum Gasteiger partial charge on any atom is 0.0541 e. The Balaban J connectivity index is 1.72. The van der Waals surface area contributed by atoms with Gasteiger partial charge < -0.3 is 10.2 Å². The van der Waals surface area contributed by atoms with Crippen LogP contribution in [0.4, 0.5) is 0 Å². The lowest BCUT2D eigenvalue weighted by Gasteiger charge is -2.25. The first-order valence-electron chi connectivity index (χ1n) is 6.63. The molecule has 2 N–H and O–H groups in total. The predicted octanol–water partition coefficient (Wildman–Crippen LogP) is 1.91. The van der Waals surface area contributed by atoms with Crippen LogP contribution in [0.1, 0.15) is 51.4 Å². The van der Waals surface area contributed by atoms with Gasteiger partial charge in [-0.15, -0.1) is 0 Å². The van der Waals surface area contributed by atoms with E-state index in [0.717, 1.165) is 51.4 Å². The van der Waals surface area contributed by atoms with Crippen molar-refractivity contribution in [1.82, 2.24) is 0 Å². The molecular formula is C13H23NO2. The van der Waals surface area contributed by atoms with Crippen molar-refractivity contribution in [3.8, 4) is 0 Å². The van der Waals surface area contributed by atoms with Crippen LogP contribution in [0.5, 0.6) is 0 Å². The number of aliphatic imine (C=N–C) groups is 1. The van der Waals surface area contributed by atoms with Gasteiger partial charge in [0.2, 0.25) is 0 Å². The summed E-state index contributed by atoms with van der Waals surface area (Å²) < 4.78 is 0. The third-order valence-corrected chi connectivity index (χ3v) is 3.92. The molecule has 0 bridgehead atoms. The molecule has 3 heteroatoms. The Morgan fingerprint density at radius 1 is 0.750 bits per heavy atom. The number of hydrogen-bond donors (Lipinski definition) is 2. The first-order chi connectivity index (χ1) is 7.74. The molecule has 2 saturated carbocycles. The molecule has 0 aromatic rings. The van der Waals surface area contributed by atoms with E-state index in [4.69, 9.17) is 0 Å². The third-order valence-electron chi connectivity index (χ3n) is 3.92. The Morgan fingerprint density at radius 3 is 1.81 bits per heavy atom. The molecule has 0 spiro atoms. The van der Waals surface area contributed by atoms with Crippen LogP contribution in [0.15, 0.2) is 4.99 Å². The smallest absolute Gasteiger partial charge is 0.0541 e. The molecule has 3 nitrogen and oxygen atoms in total. The number of aliphatic hydroxyl groups is 2. The van der Waals surface area contributed by atoms with E-state index >= 15 is 0 Å². The van der Waals surface area contributed by atoms with Crippen molar-refractivity contribution in [3.05, 3.63) is 0 Å². The van der Waals surface area contributed by atoms with Gasteiger partial charge in [-0.25, -0.2) is 0 Å². The molecule has 0 radical (unpaired) electrons. The monoisotopic (exact) mass is 225 g/mol. The summed E-state index contributed by atoms with van der Waals surface area (Å²) in [6, 6.07) is 0.440. The minimum absolute atomic E-state index is 0.0746. The van der Waals surface area contributed by atoms with Gasteiger partial charge in [-0.3, -0.25) is 4.99 Å². The van der Waals surface area contributed by atoms with Crippen LogP contribution in [0, 0.1) is 5.92 Å². The van der Waals surface area contributed by atoms with E-state index in [1.807, 2.05) is 0 Å². The average molecular weight is 225 g/mol. The summed E-state index contributed by atoms with van der Waals surface area (Å²) in [4.78, 5) is 4.65. The average Bonchev–Trinajstić information content (AvgIpc) is 2.30. The molecule has 0 saturated heterocycles. The van der Waals surface area contributed by atoms with Crippen molar-refractivity contribution < 1.29 is 10.2 Å². The minimum atomic E-state index is -0.0868. The van der Waals surface area contributed by atoms with Crippen molar-refractivity contribution in [2.24, 2.45) is 10.9 Å². The van der Waals surface area contributed by atoms with E-state index in [1.165, 1.54) is 0 Å². The molecule has 2 fully saturated rings. The van der Waals surface area contributed by atoms with Gasteiger partial charge in [0, 0.05) is 12.3 Å². The summed E-state index contributed by atoms with van der Waals surface area (Å²) in [5, 5.41) is 18.8. The summed E-state index contributed by atoms with van der Waals surface area (Å²) in [5.41, 5.74) is 0. The molecule has 2 rings (SSSR count). The summed E-state index contributed by atoms with van der Waals surface area (Å²) in [5.74, 6) is 0.579. The second kappa shape index (κ2) is 5.78. The van der Waals surface area contributed by atoms with Crippen LogP contribution in [0.25, 0.3) is 0 Å². The Kier molecular flexibility index (Phi) is 4.36. The van der Waals surface area contributed by atoms with E-state index in [9.17, 15) is 10.2 Å². The first-order valence-corrected chi connectivity index (χ1v) is 6.63. The van der Waals surface area contributed by atoms with E-state index in [-0.39, 0.29) is 12.2 Å². The fourth-order valence-electron chi connectivity index (χ4n) is 2.70. The first kappa shape index (κ1) is 12.1. The molecule has 0 unspecified atom stereocenters. The largest absolute Gasteiger partial charge is 0.393 e. The Bertz CT molecular complexity index is 202. The second-order valence-electron chi connectivity index (χ2n) is 5.33. The number of aliphatic hydroxyl groups excluding tert-OH is 2. The van der Waals surface area contributed by atoms with E-state index in [1.54, 1.807) is 0 Å². The molecule has 0 aliphatic heterocycles. The van der Waals surface area contributed by atoms with Crippen molar-refractivity contribution in [2.75, 3.05) is 0 Å². The molecule has 0 amide bonds. The SMILES string of the molecule is OC1CCC(C=NC2CCC(O)CC2)CC1. The lowest BCUT2D eigenvalue weighted by atomic mass is 9.88. The highest BCUT2D eigenvalue weighted by Crippen LogP contribution is 2.24. The summed E-state index contributed by atoms with van der Waals surface area (Å²) in [7, 11) is 0. The van der Waals surface area contributed by atoms with Crippen LogP contribution >= 0.6 is 0 Å².